The third-order valence-electron chi connectivity index (χ3n) is 2.72. The minimum Gasteiger partial charge on any atom is -0.457 e. The Balaban J connectivity index is 2.37. The monoisotopic (exact) mass is 276 g/mol. The fourth-order valence-electron chi connectivity index (χ4n) is 1.84. The molecule has 0 radical (unpaired) electrons. The molecule has 104 valence electrons. The lowest BCUT2D eigenvalue weighted by molar-refractivity contribution is -0.384. The first-order valence-corrected chi connectivity index (χ1v) is 5.95. The van der Waals surface area contributed by atoms with E-state index in [9.17, 15) is 14.5 Å². The van der Waals surface area contributed by atoms with Crippen molar-refractivity contribution in [1.82, 2.24) is 0 Å². The van der Waals surface area contributed by atoms with Crippen LogP contribution in [0.2, 0.25) is 0 Å². The molecule has 2 aromatic rings. The second-order valence-corrected chi connectivity index (χ2v) is 4.30. The van der Waals surface area contributed by atoms with Crippen molar-refractivity contribution >= 4 is 5.69 Å². The summed E-state index contributed by atoms with van der Waals surface area (Å²) in [5.74, 6) is 0.0372. The topological polar surface area (TPSA) is 78.4 Å². The van der Waals surface area contributed by atoms with Gasteiger partial charge in [0.1, 0.15) is 17.3 Å². The molecule has 0 amide bonds. The Morgan fingerprint density at radius 2 is 2.00 bits per heavy atom. The van der Waals surface area contributed by atoms with Crippen molar-refractivity contribution in [3.63, 3.8) is 0 Å². The van der Waals surface area contributed by atoms with Crippen LogP contribution >= 0.6 is 0 Å². The Hall–Kier alpha value is -2.47. The smallest absolute Gasteiger partial charge is 0.273 e. The summed E-state index contributed by atoms with van der Waals surface area (Å²) in [4.78, 5) is 10.2. The molecule has 5 nitrogen and oxygen atoms in total. The van der Waals surface area contributed by atoms with Gasteiger partial charge in [0.2, 0.25) is 0 Å². The molecular weight excluding hydrogens is 263 g/mol. The van der Waals surface area contributed by atoms with Gasteiger partial charge < -0.3 is 10.5 Å². The molecule has 2 aromatic carbocycles. The Morgan fingerprint density at radius 3 is 2.65 bits per heavy atom. The van der Waals surface area contributed by atoms with Crippen LogP contribution in [-0.4, -0.2) is 4.92 Å². The minimum absolute atomic E-state index is 0.0961. The molecule has 0 unspecified atom stereocenters. The van der Waals surface area contributed by atoms with Gasteiger partial charge in [-0.1, -0.05) is 12.1 Å². The zero-order chi connectivity index (χ0) is 14.7. The van der Waals surface area contributed by atoms with E-state index in [0.717, 1.165) is 0 Å². The number of nitrogens with two attached hydrogens (primary N) is 1. The fourth-order valence-corrected chi connectivity index (χ4v) is 1.84. The molecule has 0 bridgehead atoms. The molecule has 6 heteroatoms. The van der Waals surface area contributed by atoms with E-state index in [1.54, 1.807) is 19.1 Å². The number of benzene rings is 2. The summed E-state index contributed by atoms with van der Waals surface area (Å²) in [7, 11) is 0. The van der Waals surface area contributed by atoms with Crippen molar-refractivity contribution in [3.05, 3.63) is 64.0 Å². The summed E-state index contributed by atoms with van der Waals surface area (Å²) in [5.41, 5.74) is 5.86. The Labute approximate surface area is 114 Å². The largest absolute Gasteiger partial charge is 0.457 e. The number of nitrogens with zero attached hydrogens (tertiary/aromatic N) is 1. The summed E-state index contributed by atoms with van der Waals surface area (Å²) in [6, 6.07) is 9.49. The lowest BCUT2D eigenvalue weighted by atomic mass is 10.1. The molecule has 0 aliphatic carbocycles. The lowest BCUT2D eigenvalue weighted by Crippen LogP contribution is -2.09. The van der Waals surface area contributed by atoms with Crippen LogP contribution in [0.4, 0.5) is 10.1 Å². The molecule has 2 N–H and O–H groups in total. The third kappa shape index (κ3) is 2.92. The number of hydrogen-bond donors (Lipinski definition) is 1. The second kappa shape index (κ2) is 5.66. The zero-order valence-electron chi connectivity index (χ0n) is 10.7. The van der Waals surface area contributed by atoms with E-state index in [0.29, 0.717) is 0 Å². The van der Waals surface area contributed by atoms with Crippen LogP contribution in [0.5, 0.6) is 11.5 Å². The number of rotatable bonds is 4. The maximum atomic E-state index is 13.7. The van der Waals surface area contributed by atoms with Crippen LogP contribution in [-0.2, 0) is 0 Å². The van der Waals surface area contributed by atoms with Crippen molar-refractivity contribution in [2.45, 2.75) is 13.0 Å². The molecule has 0 saturated heterocycles. The van der Waals surface area contributed by atoms with Crippen LogP contribution < -0.4 is 10.5 Å². The molecule has 0 fully saturated rings. The number of nitro benzene ring substituents is 1. The third-order valence-corrected chi connectivity index (χ3v) is 2.72. The summed E-state index contributed by atoms with van der Waals surface area (Å²) in [6.07, 6.45) is 0. The average molecular weight is 276 g/mol. The molecule has 0 heterocycles. The van der Waals surface area contributed by atoms with E-state index in [4.69, 9.17) is 10.5 Å². The Morgan fingerprint density at radius 1 is 1.30 bits per heavy atom. The number of hydrogen-bond acceptors (Lipinski definition) is 4. The SMILES string of the molecule is C[C@H](N)c1c(F)cccc1Oc1cccc([N+](=O)[O-])c1. The highest BCUT2D eigenvalue weighted by Crippen LogP contribution is 2.31. The van der Waals surface area contributed by atoms with Gasteiger partial charge in [0.15, 0.2) is 0 Å². The van der Waals surface area contributed by atoms with Gasteiger partial charge >= 0.3 is 0 Å². The first-order valence-electron chi connectivity index (χ1n) is 5.95. The van der Waals surface area contributed by atoms with E-state index in [1.165, 1.54) is 30.3 Å². The summed E-state index contributed by atoms with van der Waals surface area (Å²) in [6.45, 7) is 1.64. The number of nitro groups is 1. The van der Waals surface area contributed by atoms with Gasteiger partial charge in [-0.15, -0.1) is 0 Å². The lowest BCUT2D eigenvalue weighted by Gasteiger charge is -2.14. The molecule has 0 aliphatic heterocycles. The first kappa shape index (κ1) is 14.0. The number of halogens is 1. The molecular formula is C14H13FN2O3. The van der Waals surface area contributed by atoms with Gasteiger partial charge in [0.05, 0.1) is 11.0 Å². The second-order valence-electron chi connectivity index (χ2n) is 4.30. The van der Waals surface area contributed by atoms with E-state index in [-0.39, 0.29) is 22.7 Å². The normalized spacial score (nSPS) is 11.9. The van der Waals surface area contributed by atoms with Crippen molar-refractivity contribution in [2.75, 3.05) is 0 Å². The van der Waals surface area contributed by atoms with Gasteiger partial charge in [-0.25, -0.2) is 4.39 Å². The molecule has 0 aliphatic rings. The zero-order valence-corrected chi connectivity index (χ0v) is 10.7. The first-order chi connectivity index (χ1) is 9.49. The average Bonchev–Trinajstić information content (AvgIpc) is 2.38. The highest BCUT2D eigenvalue weighted by Gasteiger charge is 2.15. The van der Waals surface area contributed by atoms with E-state index in [1.807, 2.05) is 0 Å². The van der Waals surface area contributed by atoms with E-state index < -0.39 is 16.8 Å². The summed E-state index contributed by atoms with van der Waals surface area (Å²) in [5, 5.41) is 10.7. The minimum atomic E-state index is -0.551. The van der Waals surface area contributed by atoms with Gasteiger partial charge in [0, 0.05) is 17.7 Å². The molecule has 0 spiro atoms. The van der Waals surface area contributed by atoms with Crippen molar-refractivity contribution in [2.24, 2.45) is 5.73 Å². The Kier molecular flexibility index (Phi) is 3.95. The number of non-ortho nitro benzene ring substituents is 1. The van der Waals surface area contributed by atoms with Crippen LogP contribution in [0.3, 0.4) is 0 Å². The van der Waals surface area contributed by atoms with Crippen molar-refractivity contribution in [1.29, 1.82) is 0 Å². The summed E-state index contributed by atoms with van der Waals surface area (Å²) >= 11 is 0. The van der Waals surface area contributed by atoms with Crippen LogP contribution in [0.25, 0.3) is 0 Å². The van der Waals surface area contributed by atoms with Crippen LogP contribution in [0.15, 0.2) is 42.5 Å². The van der Waals surface area contributed by atoms with Gasteiger partial charge in [0.25, 0.3) is 5.69 Å². The maximum absolute atomic E-state index is 13.7. The van der Waals surface area contributed by atoms with Crippen molar-refractivity contribution < 1.29 is 14.1 Å². The molecule has 0 aromatic heterocycles. The van der Waals surface area contributed by atoms with Crippen LogP contribution in [0, 0.1) is 15.9 Å². The molecule has 1 atom stereocenters. The highest BCUT2D eigenvalue weighted by atomic mass is 19.1. The molecule has 0 saturated carbocycles. The predicted molar refractivity (Wildman–Crippen MR) is 72.2 cm³/mol. The van der Waals surface area contributed by atoms with Crippen LogP contribution in [0.1, 0.15) is 18.5 Å². The molecule has 20 heavy (non-hydrogen) atoms. The van der Waals surface area contributed by atoms with E-state index >= 15 is 0 Å². The van der Waals surface area contributed by atoms with Gasteiger partial charge in [-0.3, -0.25) is 10.1 Å². The molecule has 2 rings (SSSR count). The quantitative estimate of drug-likeness (QED) is 0.684. The standard InChI is InChI=1S/C14H13FN2O3/c1-9(16)14-12(15)6-3-7-13(14)20-11-5-2-4-10(8-11)17(18)19/h2-9H,16H2,1H3/t9-/m0/s1. The van der Waals surface area contributed by atoms with E-state index in [2.05, 4.69) is 0 Å². The summed E-state index contributed by atoms with van der Waals surface area (Å²) < 4.78 is 19.3. The Bertz CT molecular complexity index is 644. The predicted octanol–water partition coefficient (Wildman–Crippen LogP) is 3.55. The fraction of sp³-hybridized carbons (Fsp3) is 0.143. The van der Waals surface area contributed by atoms with Crippen molar-refractivity contribution in [3.8, 4) is 11.5 Å². The highest BCUT2D eigenvalue weighted by molar-refractivity contribution is 5.43. The number of ether oxygens (including phenoxy) is 1. The van der Waals surface area contributed by atoms with Gasteiger partial charge in [-0.05, 0) is 25.1 Å². The van der Waals surface area contributed by atoms with Gasteiger partial charge in [-0.2, -0.15) is 0 Å². The maximum Gasteiger partial charge on any atom is 0.273 e.